The van der Waals surface area contributed by atoms with Crippen molar-refractivity contribution in [2.75, 3.05) is 0 Å². The Labute approximate surface area is 78.8 Å². The van der Waals surface area contributed by atoms with Crippen molar-refractivity contribution in [1.82, 2.24) is 0 Å². The van der Waals surface area contributed by atoms with E-state index < -0.39 is 12.0 Å². The number of aliphatic carboxylic acids is 1. The summed E-state index contributed by atoms with van der Waals surface area (Å²) in [5, 5.41) is 10.9. The van der Waals surface area contributed by atoms with Gasteiger partial charge in [-0.2, -0.15) is 0 Å². The molecule has 1 heterocycles. The van der Waals surface area contributed by atoms with Gasteiger partial charge in [0.2, 0.25) is 0 Å². The largest absolute Gasteiger partial charge is 0.480 e. The van der Waals surface area contributed by atoms with Gasteiger partial charge < -0.3 is 10.8 Å². The van der Waals surface area contributed by atoms with Crippen molar-refractivity contribution in [3.05, 3.63) is 20.8 Å². The van der Waals surface area contributed by atoms with Crippen LogP contribution in [-0.4, -0.2) is 11.1 Å². The van der Waals surface area contributed by atoms with Crippen molar-refractivity contribution in [1.29, 1.82) is 0 Å². The second-order valence-corrected chi connectivity index (χ2v) is 3.70. The van der Waals surface area contributed by atoms with Crippen LogP contribution in [-0.2, 0) is 4.79 Å². The monoisotopic (exact) mass is 205 g/mol. The van der Waals surface area contributed by atoms with Gasteiger partial charge in [-0.1, -0.05) is 11.6 Å². The number of nitrogens with two attached hydrogens (primary N) is 1. The van der Waals surface area contributed by atoms with Crippen LogP contribution in [0.25, 0.3) is 0 Å². The predicted octanol–water partition coefficient (Wildman–Crippen LogP) is 1.79. The number of carboxylic acids is 1. The van der Waals surface area contributed by atoms with Crippen LogP contribution < -0.4 is 5.73 Å². The molecule has 3 N–H and O–H groups in total. The Balaban J connectivity index is 3.03. The molecule has 0 amide bonds. The van der Waals surface area contributed by atoms with E-state index in [9.17, 15) is 4.79 Å². The van der Waals surface area contributed by atoms with E-state index in [1.807, 2.05) is 6.92 Å². The Morgan fingerprint density at radius 3 is 2.75 bits per heavy atom. The Bertz CT molecular complexity index is 310. The molecule has 0 fully saturated rings. The molecule has 1 rings (SSSR count). The topological polar surface area (TPSA) is 63.3 Å². The van der Waals surface area contributed by atoms with Crippen LogP contribution in [0.1, 0.15) is 16.5 Å². The van der Waals surface area contributed by atoms with Gasteiger partial charge in [-0.05, 0) is 17.9 Å². The maximum Gasteiger partial charge on any atom is 0.326 e. The smallest absolute Gasteiger partial charge is 0.326 e. The van der Waals surface area contributed by atoms with E-state index >= 15 is 0 Å². The van der Waals surface area contributed by atoms with E-state index in [0.29, 0.717) is 9.90 Å². The van der Waals surface area contributed by atoms with E-state index in [4.69, 9.17) is 22.4 Å². The Morgan fingerprint density at radius 2 is 2.42 bits per heavy atom. The number of carbonyl (C=O) groups is 1. The molecule has 0 aliphatic heterocycles. The highest BCUT2D eigenvalue weighted by Gasteiger charge is 2.19. The second-order valence-electron chi connectivity index (χ2n) is 2.41. The normalized spacial score (nSPS) is 12.9. The molecule has 1 unspecified atom stereocenters. The van der Waals surface area contributed by atoms with E-state index in [2.05, 4.69) is 0 Å². The first kappa shape index (κ1) is 9.51. The minimum absolute atomic E-state index is 0.468. The highest BCUT2D eigenvalue weighted by Crippen LogP contribution is 2.31. The molecular formula is C7H8ClNO2S. The molecule has 0 saturated carbocycles. The second kappa shape index (κ2) is 3.43. The van der Waals surface area contributed by atoms with Gasteiger partial charge in [-0.15, -0.1) is 11.3 Å². The number of thiophene rings is 1. The minimum Gasteiger partial charge on any atom is -0.480 e. The maximum absolute atomic E-state index is 10.5. The summed E-state index contributed by atoms with van der Waals surface area (Å²) in [4.78, 5) is 11.0. The lowest BCUT2D eigenvalue weighted by molar-refractivity contribution is -0.138. The number of aryl methyl sites for hydroxylation is 1. The fourth-order valence-electron chi connectivity index (χ4n) is 0.772. The number of halogens is 1. The van der Waals surface area contributed by atoms with Gasteiger partial charge in [0.15, 0.2) is 0 Å². The summed E-state index contributed by atoms with van der Waals surface area (Å²) >= 11 is 7.09. The Kier molecular flexibility index (Phi) is 2.72. The SMILES string of the molecule is Cc1csc(C(N)C(=O)O)c1Cl. The van der Waals surface area contributed by atoms with Crippen LogP contribution in [0.2, 0.25) is 5.02 Å². The van der Waals surface area contributed by atoms with Gasteiger partial charge in [0.25, 0.3) is 0 Å². The molecular weight excluding hydrogens is 198 g/mol. The van der Waals surface area contributed by atoms with Crippen molar-refractivity contribution < 1.29 is 9.90 Å². The third-order valence-electron chi connectivity index (χ3n) is 1.47. The van der Waals surface area contributed by atoms with Crippen LogP contribution in [0.15, 0.2) is 5.38 Å². The first-order valence-corrected chi connectivity index (χ1v) is 4.51. The van der Waals surface area contributed by atoms with Crippen LogP contribution >= 0.6 is 22.9 Å². The average molecular weight is 206 g/mol. The standard InChI is InChI=1S/C7H8ClNO2S/c1-3-2-12-6(4(3)8)5(9)7(10)11/h2,5H,9H2,1H3,(H,10,11). The zero-order valence-electron chi connectivity index (χ0n) is 6.37. The lowest BCUT2D eigenvalue weighted by atomic mass is 10.2. The molecule has 0 aliphatic carbocycles. The quantitative estimate of drug-likeness (QED) is 0.774. The molecule has 0 saturated heterocycles. The fraction of sp³-hybridized carbons (Fsp3) is 0.286. The maximum atomic E-state index is 10.5. The van der Waals surface area contributed by atoms with Gasteiger partial charge in [0, 0.05) is 0 Å². The molecule has 0 aromatic carbocycles. The van der Waals surface area contributed by atoms with Crippen molar-refractivity contribution in [3.63, 3.8) is 0 Å². The zero-order chi connectivity index (χ0) is 9.30. The van der Waals surface area contributed by atoms with Gasteiger partial charge in [0.05, 0.1) is 9.90 Å². The first-order chi connectivity index (χ1) is 5.54. The molecule has 1 aromatic rings. The van der Waals surface area contributed by atoms with Crippen LogP contribution in [0.4, 0.5) is 0 Å². The molecule has 5 heteroatoms. The van der Waals surface area contributed by atoms with Crippen molar-refractivity contribution in [3.8, 4) is 0 Å². The summed E-state index contributed by atoms with van der Waals surface area (Å²) in [5.41, 5.74) is 6.25. The molecule has 0 bridgehead atoms. The molecule has 3 nitrogen and oxygen atoms in total. The fourth-order valence-corrected chi connectivity index (χ4v) is 2.08. The van der Waals surface area contributed by atoms with Gasteiger partial charge in [-0.25, -0.2) is 0 Å². The number of carboxylic acid groups (broad SMARTS) is 1. The zero-order valence-corrected chi connectivity index (χ0v) is 7.95. The highest BCUT2D eigenvalue weighted by atomic mass is 35.5. The van der Waals surface area contributed by atoms with E-state index in [1.165, 1.54) is 11.3 Å². The van der Waals surface area contributed by atoms with Crippen LogP contribution in [0.5, 0.6) is 0 Å². The minimum atomic E-state index is -1.06. The molecule has 66 valence electrons. The first-order valence-electron chi connectivity index (χ1n) is 3.26. The predicted molar refractivity (Wildman–Crippen MR) is 48.6 cm³/mol. The highest BCUT2D eigenvalue weighted by molar-refractivity contribution is 7.11. The summed E-state index contributed by atoms with van der Waals surface area (Å²) in [6, 6.07) is -1.00. The van der Waals surface area contributed by atoms with E-state index in [1.54, 1.807) is 5.38 Å². The van der Waals surface area contributed by atoms with Gasteiger partial charge in [-0.3, -0.25) is 4.79 Å². The molecule has 0 aliphatic rings. The molecule has 12 heavy (non-hydrogen) atoms. The summed E-state index contributed by atoms with van der Waals surface area (Å²) in [6.07, 6.45) is 0. The van der Waals surface area contributed by atoms with Crippen molar-refractivity contribution in [2.24, 2.45) is 5.73 Å². The van der Waals surface area contributed by atoms with Gasteiger partial charge in [0.1, 0.15) is 6.04 Å². The third kappa shape index (κ3) is 1.60. The van der Waals surface area contributed by atoms with Crippen LogP contribution in [0, 0.1) is 6.92 Å². The summed E-state index contributed by atoms with van der Waals surface area (Å²) in [5.74, 6) is -1.06. The molecule has 0 spiro atoms. The van der Waals surface area contributed by atoms with Crippen LogP contribution in [0.3, 0.4) is 0 Å². The van der Waals surface area contributed by atoms with E-state index in [-0.39, 0.29) is 0 Å². The van der Waals surface area contributed by atoms with Crippen molar-refractivity contribution in [2.45, 2.75) is 13.0 Å². The molecule has 1 aromatic heterocycles. The van der Waals surface area contributed by atoms with Crippen molar-refractivity contribution >= 4 is 28.9 Å². The lowest BCUT2D eigenvalue weighted by Gasteiger charge is -2.03. The Morgan fingerprint density at radius 1 is 1.83 bits per heavy atom. The third-order valence-corrected chi connectivity index (χ3v) is 3.27. The summed E-state index contributed by atoms with van der Waals surface area (Å²) < 4.78 is 0. The number of hydrogen-bond acceptors (Lipinski definition) is 3. The number of hydrogen-bond donors (Lipinski definition) is 2. The van der Waals surface area contributed by atoms with Gasteiger partial charge >= 0.3 is 5.97 Å². The average Bonchev–Trinajstić information content (AvgIpc) is 2.32. The summed E-state index contributed by atoms with van der Waals surface area (Å²) in [6.45, 7) is 1.82. The molecule has 1 atom stereocenters. The summed E-state index contributed by atoms with van der Waals surface area (Å²) in [7, 11) is 0. The van der Waals surface area contributed by atoms with E-state index in [0.717, 1.165) is 5.56 Å². The Hall–Kier alpha value is -0.580. The lowest BCUT2D eigenvalue weighted by Crippen LogP contribution is -2.19. The molecule has 0 radical (unpaired) electrons. The number of rotatable bonds is 2.